The van der Waals surface area contributed by atoms with Crippen LogP contribution in [0.25, 0.3) is 0 Å². The normalized spacial score (nSPS) is 10.5. The van der Waals surface area contributed by atoms with E-state index >= 15 is 0 Å². The first kappa shape index (κ1) is 10.2. The van der Waals surface area contributed by atoms with E-state index in [1.54, 1.807) is 13.3 Å². The van der Waals surface area contributed by atoms with E-state index in [0.29, 0.717) is 6.61 Å². The lowest BCUT2D eigenvalue weighted by Gasteiger charge is -2.11. The van der Waals surface area contributed by atoms with Crippen molar-refractivity contribution in [1.82, 2.24) is 4.90 Å². The van der Waals surface area contributed by atoms with Gasteiger partial charge in [-0.15, -0.1) is 0 Å². The van der Waals surface area contributed by atoms with Gasteiger partial charge in [0.1, 0.15) is 5.83 Å². The molecule has 11 heavy (non-hydrogen) atoms. The summed E-state index contributed by atoms with van der Waals surface area (Å²) in [6, 6.07) is 0. The molecule has 0 aromatic rings. The van der Waals surface area contributed by atoms with E-state index in [1.807, 2.05) is 11.9 Å². The predicted molar refractivity (Wildman–Crippen MR) is 43.9 cm³/mol. The minimum Gasteiger partial charge on any atom is -0.383 e. The molecule has 0 aliphatic heterocycles. The Kier molecular flexibility index (Phi) is 5.47. The molecular formula is C8H14FNO. The minimum atomic E-state index is -0.436. The van der Waals surface area contributed by atoms with Gasteiger partial charge in [0.2, 0.25) is 0 Å². The van der Waals surface area contributed by atoms with E-state index < -0.39 is 5.83 Å². The van der Waals surface area contributed by atoms with Crippen molar-refractivity contribution in [3.8, 4) is 0 Å². The molecule has 64 valence electrons. The van der Waals surface area contributed by atoms with E-state index in [4.69, 9.17) is 4.74 Å². The maximum Gasteiger partial charge on any atom is 0.117 e. The first-order valence-electron chi connectivity index (χ1n) is 3.38. The second-order valence-electron chi connectivity index (χ2n) is 2.24. The van der Waals surface area contributed by atoms with Crippen LogP contribution in [0, 0.1) is 0 Å². The molecule has 0 N–H and O–H groups in total. The number of methoxy groups -OCH3 is 1. The molecule has 0 aliphatic rings. The topological polar surface area (TPSA) is 12.5 Å². The first-order valence-corrected chi connectivity index (χ1v) is 3.38. The summed E-state index contributed by atoms with van der Waals surface area (Å²) >= 11 is 0. The van der Waals surface area contributed by atoms with Crippen LogP contribution in [0.3, 0.4) is 0 Å². The third kappa shape index (κ3) is 7.06. The fraction of sp³-hybridized carbons (Fsp3) is 0.500. The number of halogens is 1. The van der Waals surface area contributed by atoms with Gasteiger partial charge in [-0.2, -0.15) is 0 Å². The summed E-state index contributed by atoms with van der Waals surface area (Å²) < 4.78 is 16.9. The first-order chi connectivity index (χ1) is 5.16. The number of likely N-dealkylation sites (N-methyl/N-ethyl adjacent to an activating group) is 1. The summed E-state index contributed by atoms with van der Waals surface area (Å²) in [6.45, 7) is 4.48. The Bertz CT molecular complexity index is 145. The lowest BCUT2D eigenvalue weighted by Crippen LogP contribution is -2.16. The number of ether oxygens (including phenoxy) is 1. The van der Waals surface area contributed by atoms with Gasteiger partial charge in [-0.3, -0.25) is 0 Å². The van der Waals surface area contributed by atoms with Crippen molar-refractivity contribution in [2.45, 2.75) is 0 Å². The highest BCUT2D eigenvalue weighted by Gasteiger charge is 1.89. The number of allylic oxidation sites excluding steroid dienone is 2. The highest BCUT2D eigenvalue weighted by atomic mass is 19.1. The van der Waals surface area contributed by atoms with Crippen molar-refractivity contribution in [3.05, 3.63) is 24.7 Å². The van der Waals surface area contributed by atoms with Crippen LogP contribution in [-0.2, 0) is 4.74 Å². The number of rotatable bonds is 5. The summed E-state index contributed by atoms with van der Waals surface area (Å²) in [5, 5.41) is 0. The summed E-state index contributed by atoms with van der Waals surface area (Å²) in [6.07, 6.45) is 2.94. The van der Waals surface area contributed by atoms with Crippen molar-refractivity contribution in [2.24, 2.45) is 0 Å². The SMILES string of the molecule is C=C(F)C=CN(C)CCOC. The van der Waals surface area contributed by atoms with Crippen LogP contribution in [0.2, 0.25) is 0 Å². The fourth-order valence-electron chi connectivity index (χ4n) is 0.518. The molecule has 0 aliphatic carbocycles. The summed E-state index contributed by atoms with van der Waals surface area (Å²) in [4.78, 5) is 1.83. The predicted octanol–water partition coefficient (Wildman–Crippen LogP) is 1.56. The van der Waals surface area contributed by atoms with Crippen molar-refractivity contribution in [1.29, 1.82) is 0 Å². The van der Waals surface area contributed by atoms with Crippen molar-refractivity contribution < 1.29 is 9.13 Å². The Morgan fingerprint density at radius 3 is 2.82 bits per heavy atom. The third-order valence-corrected chi connectivity index (χ3v) is 1.16. The summed E-state index contributed by atoms with van der Waals surface area (Å²) in [5.74, 6) is -0.436. The molecule has 0 aromatic heterocycles. The maximum atomic E-state index is 12.0. The minimum absolute atomic E-state index is 0.436. The molecule has 3 heteroatoms. The Balaban J connectivity index is 3.50. The molecule has 0 unspecified atom stereocenters. The Labute approximate surface area is 67.0 Å². The molecule has 0 fully saturated rings. The van der Waals surface area contributed by atoms with Gasteiger partial charge < -0.3 is 9.64 Å². The van der Waals surface area contributed by atoms with Crippen LogP contribution in [-0.4, -0.2) is 32.2 Å². The molecule has 2 nitrogen and oxygen atoms in total. The van der Waals surface area contributed by atoms with E-state index in [1.165, 1.54) is 6.08 Å². The molecule has 0 rings (SSSR count). The van der Waals surface area contributed by atoms with E-state index in [2.05, 4.69) is 6.58 Å². The van der Waals surface area contributed by atoms with Gasteiger partial charge >= 0.3 is 0 Å². The average Bonchev–Trinajstić information content (AvgIpc) is 1.97. The number of nitrogens with zero attached hydrogens (tertiary/aromatic N) is 1. The van der Waals surface area contributed by atoms with E-state index in [-0.39, 0.29) is 0 Å². The zero-order chi connectivity index (χ0) is 8.69. The third-order valence-electron chi connectivity index (χ3n) is 1.16. The number of hydrogen-bond donors (Lipinski definition) is 0. The van der Waals surface area contributed by atoms with Crippen LogP contribution in [0.5, 0.6) is 0 Å². The monoisotopic (exact) mass is 159 g/mol. The average molecular weight is 159 g/mol. The molecule has 0 radical (unpaired) electrons. The summed E-state index contributed by atoms with van der Waals surface area (Å²) in [5.41, 5.74) is 0. The second-order valence-corrected chi connectivity index (χ2v) is 2.24. The van der Waals surface area contributed by atoms with Crippen molar-refractivity contribution >= 4 is 0 Å². The highest BCUT2D eigenvalue weighted by molar-refractivity contribution is 5.04. The standard InChI is InChI=1S/C8H14FNO/c1-8(9)4-5-10(2)6-7-11-3/h4-5H,1,6-7H2,2-3H3. The lowest BCUT2D eigenvalue weighted by atomic mass is 10.5. The van der Waals surface area contributed by atoms with E-state index in [0.717, 1.165) is 6.54 Å². The molecule has 0 aromatic carbocycles. The molecular weight excluding hydrogens is 145 g/mol. The van der Waals surface area contributed by atoms with Gasteiger partial charge in [0.25, 0.3) is 0 Å². The second kappa shape index (κ2) is 5.92. The highest BCUT2D eigenvalue weighted by Crippen LogP contribution is 1.94. The van der Waals surface area contributed by atoms with Crippen molar-refractivity contribution in [2.75, 3.05) is 27.3 Å². The molecule has 0 saturated heterocycles. The Hall–Kier alpha value is -0.830. The smallest absolute Gasteiger partial charge is 0.117 e. The Morgan fingerprint density at radius 2 is 2.36 bits per heavy atom. The number of hydrogen-bond acceptors (Lipinski definition) is 2. The van der Waals surface area contributed by atoms with Crippen LogP contribution in [0.4, 0.5) is 4.39 Å². The zero-order valence-corrected chi connectivity index (χ0v) is 7.01. The zero-order valence-electron chi connectivity index (χ0n) is 7.01. The van der Waals surface area contributed by atoms with Gasteiger partial charge in [-0.1, -0.05) is 6.58 Å². The van der Waals surface area contributed by atoms with Gasteiger partial charge in [-0.25, -0.2) is 4.39 Å². The van der Waals surface area contributed by atoms with E-state index in [9.17, 15) is 4.39 Å². The van der Waals surface area contributed by atoms with Crippen LogP contribution < -0.4 is 0 Å². The maximum absolute atomic E-state index is 12.0. The van der Waals surface area contributed by atoms with Crippen molar-refractivity contribution in [3.63, 3.8) is 0 Å². The molecule has 0 amide bonds. The molecule has 0 atom stereocenters. The van der Waals surface area contributed by atoms with Crippen LogP contribution >= 0.6 is 0 Å². The molecule has 0 bridgehead atoms. The van der Waals surface area contributed by atoms with Gasteiger partial charge in [0.05, 0.1) is 6.61 Å². The lowest BCUT2D eigenvalue weighted by molar-refractivity contribution is 0.177. The van der Waals surface area contributed by atoms with Gasteiger partial charge in [0, 0.05) is 26.9 Å². The fourth-order valence-corrected chi connectivity index (χ4v) is 0.518. The Morgan fingerprint density at radius 1 is 1.73 bits per heavy atom. The van der Waals surface area contributed by atoms with Gasteiger partial charge in [0.15, 0.2) is 0 Å². The quantitative estimate of drug-likeness (QED) is 0.564. The van der Waals surface area contributed by atoms with Crippen LogP contribution in [0.15, 0.2) is 24.7 Å². The molecule has 0 spiro atoms. The summed E-state index contributed by atoms with van der Waals surface area (Å²) in [7, 11) is 3.48. The molecule has 0 heterocycles. The van der Waals surface area contributed by atoms with Gasteiger partial charge in [-0.05, 0) is 6.08 Å². The molecule has 0 saturated carbocycles. The largest absolute Gasteiger partial charge is 0.383 e. The van der Waals surface area contributed by atoms with Crippen LogP contribution in [0.1, 0.15) is 0 Å².